The Morgan fingerprint density at radius 2 is 2.25 bits per heavy atom. The van der Waals surface area contributed by atoms with Gasteiger partial charge in [-0.3, -0.25) is 4.79 Å². The minimum absolute atomic E-state index is 0.0543. The summed E-state index contributed by atoms with van der Waals surface area (Å²) in [7, 11) is 0. The fraction of sp³-hybridized carbons (Fsp3) is 0.400. The normalized spacial score (nSPS) is 14.2. The monoisotopic (exact) mass is 245 g/mol. The summed E-state index contributed by atoms with van der Waals surface area (Å²) < 4.78 is 4.75. The van der Waals surface area contributed by atoms with E-state index in [0.29, 0.717) is 0 Å². The van der Waals surface area contributed by atoms with Crippen molar-refractivity contribution < 1.29 is 19.1 Å². The Hall–Kier alpha value is -1.49. The highest BCUT2D eigenvalue weighted by atomic mass is 35.5. The Kier molecular flexibility index (Phi) is 3.59. The lowest BCUT2D eigenvalue weighted by Gasteiger charge is -2.24. The second kappa shape index (κ2) is 4.57. The first kappa shape index (κ1) is 12.6. The fourth-order valence-corrected chi connectivity index (χ4v) is 1.27. The molecule has 6 heteroatoms. The van der Waals surface area contributed by atoms with Gasteiger partial charge in [-0.15, -0.1) is 0 Å². The van der Waals surface area contributed by atoms with Gasteiger partial charge in [-0.1, -0.05) is 6.92 Å². The number of amides is 1. The smallest absolute Gasteiger partial charge is 0.329 e. The van der Waals surface area contributed by atoms with Gasteiger partial charge in [0.1, 0.15) is 5.54 Å². The number of furan rings is 1. The number of rotatable bonds is 4. The molecule has 5 nitrogen and oxygen atoms in total. The van der Waals surface area contributed by atoms with Gasteiger partial charge in [0.2, 0.25) is 5.22 Å². The molecule has 0 spiro atoms. The van der Waals surface area contributed by atoms with Crippen LogP contribution in [0.4, 0.5) is 0 Å². The first-order valence-corrected chi connectivity index (χ1v) is 5.07. The van der Waals surface area contributed by atoms with Gasteiger partial charge in [0.05, 0.1) is 11.8 Å². The van der Waals surface area contributed by atoms with Gasteiger partial charge in [0, 0.05) is 0 Å². The summed E-state index contributed by atoms with van der Waals surface area (Å²) in [5, 5.41) is 11.3. The van der Waals surface area contributed by atoms with Crippen molar-refractivity contribution in [2.45, 2.75) is 25.8 Å². The summed E-state index contributed by atoms with van der Waals surface area (Å²) in [5.41, 5.74) is -1.18. The molecule has 0 aliphatic heterocycles. The topological polar surface area (TPSA) is 79.5 Å². The zero-order chi connectivity index (χ0) is 12.3. The van der Waals surface area contributed by atoms with E-state index >= 15 is 0 Å². The zero-order valence-corrected chi connectivity index (χ0v) is 9.67. The third-order valence-corrected chi connectivity index (χ3v) is 2.72. The van der Waals surface area contributed by atoms with E-state index < -0.39 is 17.4 Å². The SMILES string of the molecule is CCC(C)(NC(=O)c1ccoc1Cl)C(=O)O. The van der Waals surface area contributed by atoms with Crippen LogP contribution in [0, 0.1) is 0 Å². The maximum atomic E-state index is 11.7. The van der Waals surface area contributed by atoms with Crippen LogP contribution < -0.4 is 5.32 Å². The summed E-state index contributed by atoms with van der Waals surface area (Å²) in [6, 6.07) is 1.38. The maximum Gasteiger partial charge on any atom is 0.329 e. The number of carbonyl (C=O) groups excluding carboxylic acids is 1. The van der Waals surface area contributed by atoms with Crippen LogP contribution in [0.3, 0.4) is 0 Å². The lowest BCUT2D eigenvalue weighted by molar-refractivity contribution is -0.143. The Morgan fingerprint density at radius 3 is 2.62 bits per heavy atom. The highest BCUT2D eigenvalue weighted by molar-refractivity contribution is 6.32. The minimum atomic E-state index is -1.31. The quantitative estimate of drug-likeness (QED) is 0.849. The van der Waals surface area contributed by atoms with E-state index in [9.17, 15) is 9.59 Å². The first-order chi connectivity index (χ1) is 7.40. The maximum absolute atomic E-state index is 11.7. The van der Waals surface area contributed by atoms with Crippen molar-refractivity contribution in [2.24, 2.45) is 0 Å². The summed E-state index contributed by atoms with van der Waals surface area (Å²) in [4.78, 5) is 22.7. The molecular weight excluding hydrogens is 234 g/mol. The van der Waals surface area contributed by atoms with Gasteiger partial charge in [0.25, 0.3) is 5.91 Å². The molecule has 1 rings (SSSR count). The van der Waals surface area contributed by atoms with E-state index in [4.69, 9.17) is 21.1 Å². The molecule has 0 saturated carbocycles. The lowest BCUT2D eigenvalue weighted by atomic mass is 9.99. The number of aliphatic carboxylic acids is 1. The number of carboxylic acids is 1. The second-order valence-electron chi connectivity index (χ2n) is 3.55. The standard InChI is InChI=1S/C10H12ClNO4/c1-3-10(2,9(14)15)12-8(13)6-4-5-16-7(6)11/h4-5H,3H2,1-2H3,(H,12,13)(H,14,15). The van der Waals surface area contributed by atoms with Crippen molar-refractivity contribution in [3.63, 3.8) is 0 Å². The highest BCUT2D eigenvalue weighted by Gasteiger charge is 2.33. The summed E-state index contributed by atoms with van der Waals surface area (Å²) in [6.07, 6.45) is 1.53. The third kappa shape index (κ3) is 2.36. The average Bonchev–Trinajstić information content (AvgIpc) is 2.64. The average molecular weight is 246 g/mol. The van der Waals surface area contributed by atoms with Crippen molar-refractivity contribution in [3.8, 4) is 0 Å². The summed E-state index contributed by atoms with van der Waals surface area (Å²) in [5.74, 6) is -1.66. The molecule has 88 valence electrons. The van der Waals surface area contributed by atoms with Gasteiger partial charge in [0.15, 0.2) is 0 Å². The molecule has 1 unspecified atom stereocenters. The van der Waals surface area contributed by atoms with Crippen LogP contribution in [-0.4, -0.2) is 22.5 Å². The van der Waals surface area contributed by atoms with Gasteiger partial charge < -0.3 is 14.8 Å². The molecule has 2 N–H and O–H groups in total. The Morgan fingerprint density at radius 1 is 1.62 bits per heavy atom. The molecule has 1 atom stereocenters. The summed E-state index contributed by atoms with van der Waals surface area (Å²) >= 11 is 5.61. The molecule has 16 heavy (non-hydrogen) atoms. The van der Waals surface area contributed by atoms with Crippen LogP contribution in [0.1, 0.15) is 30.6 Å². The third-order valence-electron chi connectivity index (χ3n) is 2.43. The number of carboxylic acid groups (broad SMARTS) is 1. The molecule has 1 aromatic heterocycles. The number of nitrogens with one attached hydrogen (secondary N) is 1. The largest absolute Gasteiger partial charge is 0.480 e. The minimum Gasteiger partial charge on any atom is -0.480 e. The van der Waals surface area contributed by atoms with E-state index in [1.165, 1.54) is 19.3 Å². The Bertz CT molecular complexity index is 415. The lowest BCUT2D eigenvalue weighted by Crippen LogP contribution is -2.51. The molecule has 0 aromatic carbocycles. The molecule has 0 radical (unpaired) electrons. The highest BCUT2D eigenvalue weighted by Crippen LogP contribution is 2.18. The number of hydrogen-bond donors (Lipinski definition) is 2. The van der Waals surface area contributed by atoms with E-state index in [2.05, 4.69) is 5.32 Å². The van der Waals surface area contributed by atoms with Crippen LogP contribution >= 0.6 is 11.6 Å². The molecule has 0 saturated heterocycles. The first-order valence-electron chi connectivity index (χ1n) is 4.69. The number of halogens is 1. The van der Waals surface area contributed by atoms with Gasteiger partial charge in [-0.25, -0.2) is 4.79 Å². The Balaban J connectivity index is 2.86. The predicted molar refractivity (Wildman–Crippen MR) is 57.5 cm³/mol. The Labute approximate surface area is 97.4 Å². The van der Waals surface area contributed by atoms with E-state index in [1.807, 2.05) is 0 Å². The van der Waals surface area contributed by atoms with Gasteiger partial charge in [-0.2, -0.15) is 0 Å². The van der Waals surface area contributed by atoms with Crippen molar-refractivity contribution in [1.82, 2.24) is 5.32 Å². The summed E-state index contributed by atoms with van der Waals surface area (Å²) in [6.45, 7) is 3.10. The van der Waals surface area contributed by atoms with E-state index in [1.54, 1.807) is 6.92 Å². The fourth-order valence-electron chi connectivity index (χ4n) is 1.07. The van der Waals surface area contributed by atoms with Crippen molar-refractivity contribution >= 4 is 23.5 Å². The van der Waals surface area contributed by atoms with Crippen molar-refractivity contribution in [3.05, 3.63) is 23.1 Å². The predicted octanol–water partition coefficient (Wildman–Crippen LogP) is 1.92. The van der Waals surface area contributed by atoms with Crippen molar-refractivity contribution in [1.29, 1.82) is 0 Å². The van der Waals surface area contributed by atoms with Crippen LogP contribution in [0.15, 0.2) is 16.7 Å². The van der Waals surface area contributed by atoms with Crippen molar-refractivity contribution in [2.75, 3.05) is 0 Å². The number of carbonyl (C=O) groups is 2. The molecule has 0 aliphatic rings. The zero-order valence-electron chi connectivity index (χ0n) is 8.91. The molecule has 1 aromatic rings. The van der Waals surface area contributed by atoms with Crippen LogP contribution in [0.5, 0.6) is 0 Å². The molecule has 0 aliphatic carbocycles. The molecule has 1 amide bonds. The number of hydrogen-bond acceptors (Lipinski definition) is 3. The van der Waals surface area contributed by atoms with E-state index in [0.717, 1.165) is 0 Å². The van der Waals surface area contributed by atoms with E-state index in [-0.39, 0.29) is 17.2 Å². The molecule has 0 fully saturated rings. The van der Waals surface area contributed by atoms with Gasteiger partial charge in [-0.05, 0) is 31.0 Å². The van der Waals surface area contributed by atoms with Crippen LogP contribution in [0.25, 0.3) is 0 Å². The van der Waals surface area contributed by atoms with Gasteiger partial charge >= 0.3 is 5.97 Å². The van der Waals surface area contributed by atoms with Crippen LogP contribution in [-0.2, 0) is 4.79 Å². The molecular formula is C10H12ClNO4. The molecule has 0 bridgehead atoms. The second-order valence-corrected chi connectivity index (χ2v) is 3.90. The molecule has 1 heterocycles. The van der Waals surface area contributed by atoms with Crippen LogP contribution in [0.2, 0.25) is 5.22 Å².